The zero-order valence-electron chi connectivity index (χ0n) is 13.0. The molecule has 0 heterocycles. The van der Waals surface area contributed by atoms with E-state index >= 15 is 0 Å². The van der Waals surface area contributed by atoms with Gasteiger partial charge in [0.25, 0.3) is 0 Å². The summed E-state index contributed by atoms with van der Waals surface area (Å²) in [6.07, 6.45) is 1.25. The molecule has 0 fully saturated rings. The minimum absolute atomic E-state index is 0.251. The Kier molecular flexibility index (Phi) is 5.95. The first-order chi connectivity index (χ1) is 7.62. The lowest BCUT2D eigenvalue weighted by Gasteiger charge is -2.24. The molecule has 1 aromatic carbocycles. The molecule has 0 aromatic heterocycles. The van der Waals surface area contributed by atoms with Crippen LogP contribution < -0.4 is 0 Å². The number of rotatable bonds is 0. The highest BCUT2D eigenvalue weighted by Crippen LogP contribution is 2.28. The quantitative estimate of drug-likeness (QED) is 0.540. The molecule has 0 N–H and O–H groups in total. The molecule has 0 nitrogen and oxygen atoms in total. The van der Waals surface area contributed by atoms with Gasteiger partial charge in [0.15, 0.2) is 0 Å². The first-order valence-corrected chi connectivity index (χ1v) is 6.74. The molecule has 0 radical (unpaired) electrons. The first-order valence-electron chi connectivity index (χ1n) is 6.74. The lowest BCUT2D eigenvalue weighted by atomic mass is 9.81. The molecule has 0 aliphatic carbocycles. The summed E-state index contributed by atoms with van der Waals surface area (Å²) in [6.45, 7) is 17.8. The third-order valence-corrected chi connectivity index (χ3v) is 2.59. The summed E-state index contributed by atoms with van der Waals surface area (Å²) in [7, 11) is 0. The first kappa shape index (κ1) is 16.2. The van der Waals surface area contributed by atoms with Crippen LogP contribution in [0.1, 0.15) is 72.9 Å². The van der Waals surface area contributed by atoms with Crippen LogP contribution in [0.2, 0.25) is 0 Å². The zero-order valence-corrected chi connectivity index (χ0v) is 13.0. The summed E-state index contributed by atoms with van der Waals surface area (Å²) < 4.78 is 0. The maximum atomic E-state index is 2.33. The van der Waals surface area contributed by atoms with E-state index in [9.17, 15) is 0 Å². The average molecular weight is 234 g/mol. The topological polar surface area (TPSA) is 0 Å². The van der Waals surface area contributed by atoms with Gasteiger partial charge in [0.1, 0.15) is 0 Å². The lowest BCUT2D eigenvalue weighted by molar-refractivity contribution is 0.568. The van der Waals surface area contributed by atoms with Crippen molar-refractivity contribution in [2.75, 3.05) is 0 Å². The van der Waals surface area contributed by atoms with Gasteiger partial charge < -0.3 is 0 Å². The van der Waals surface area contributed by atoms with Gasteiger partial charge in [-0.05, 0) is 22.0 Å². The predicted molar refractivity (Wildman–Crippen MR) is 79.8 cm³/mol. The zero-order chi connectivity index (χ0) is 13.7. The Morgan fingerprint density at radius 1 is 0.765 bits per heavy atom. The molecule has 0 spiro atoms. The third kappa shape index (κ3) is 5.91. The highest BCUT2D eigenvalue weighted by molar-refractivity contribution is 5.32. The van der Waals surface area contributed by atoms with Crippen molar-refractivity contribution >= 4 is 0 Å². The Morgan fingerprint density at radius 3 is 1.29 bits per heavy atom. The number of hydrogen-bond donors (Lipinski definition) is 0. The van der Waals surface area contributed by atoms with E-state index in [1.165, 1.54) is 17.5 Å². The second-order valence-electron chi connectivity index (χ2n) is 6.79. The van der Waals surface area contributed by atoms with Crippen molar-refractivity contribution in [1.29, 1.82) is 0 Å². The van der Waals surface area contributed by atoms with Crippen molar-refractivity contribution in [2.24, 2.45) is 0 Å². The summed E-state index contributed by atoms with van der Waals surface area (Å²) >= 11 is 0. The molecule has 0 bridgehead atoms. The van der Waals surface area contributed by atoms with E-state index in [0.717, 1.165) is 0 Å². The summed E-state index contributed by atoms with van der Waals surface area (Å²) in [6, 6.07) is 8.94. The molecule has 0 aliphatic rings. The van der Waals surface area contributed by atoms with Gasteiger partial charge in [-0.3, -0.25) is 0 Å². The number of hydrogen-bond acceptors (Lipinski definition) is 0. The SMILES string of the molecule is CC(C)(C)c1cccc(C(C)(C)C)c1.CCC. The largest absolute Gasteiger partial charge is 0.0656 e. The molecular formula is C17H30. The molecule has 0 saturated heterocycles. The van der Waals surface area contributed by atoms with Crippen molar-refractivity contribution in [3.8, 4) is 0 Å². The summed E-state index contributed by atoms with van der Waals surface area (Å²) in [4.78, 5) is 0. The van der Waals surface area contributed by atoms with Crippen LogP contribution in [0.15, 0.2) is 24.3 Å². The maximum Gasteiger partial charge on any atom is -0.0132 e. The Hall–Kier alpha value is -0.780. The lowest BCUT2D eigenvalue weighted by Crippen LogP contribution is -2.15. The van der Waals surface area contributed by atoms with Crippen LogP contribution in [0, 0.1) is 0 Å². The van der Waals surface area contributed by atoms with Crippen LogP contribution in [0.4, 0.5) is 0 Å². The molecule has 0 unspecified atom stereocenters. The summed E-state index contributed by atoms with van der Waals surface area (Å²) in [5, 5.41) is 0. The van der Waals surface area contributed by atoms with Crippen LogP contribution >= 0.6 is 0 Å². The molecule has 17 heavy (non-hydrogen) atoms. The second kappa shape index (κ2) is 6.23. The van der Waals surface area contributed by atoms with Crippen LogP contribution in [0.3, 0.4) is 0 Å². The highest BCUT2D eigenvalue weighted by atomic mass is 14.2. The van der Waals surface area contributed by atoms with Crippen LogP contribution in [0.25, 0.3) is 0 Å². The van der Waals surface area contributed by atoms with Crippen LogP contribution in [-0.2, 0) is 10.8 Å². The van der Waals surface area contributed by atoms with E-state index in [-0.39, 0.29) is 10.8 Å². The monoisotopic (exact) mass is 234 g/mol. The van der Waals surface area contributed by atoms with Gasteiger partial charge in [-0.25, -0.2) is 0 Å². The number of benzene rings is 1. The average Bonchev–Trinajstić information content (AvgIpc) is 2.16. The van der Waals surface area contributed by atoms with Crippen molar-refractivity contribution in [3.05, 3.63) is 35.4 Å². The van der Waals surface area contributed by atoms with Crippen molar-refractivity contribution in [1.82, 2.24) is 0 Å². The van der Waals surface area contributed by atoms with Crippen LogP contribution in [0.5, 0.6) is 0 Å². The minimum Gasteiger partial charge on any atom is -0.0656 e. The van der Waals surface area contributed by atoms with E-state index in [2.05, 4.69) is 79.7 Å². The van der Waals surface area contributed by atoms with Gasteiger partial charge in [0.05, 0.1) is 0 Å². The van der Waals surface area contributed by atoms with Gasteiger partial charge in [-0.2, -0.15) is 0 Å². The van der Waals surface area contributed by atoms with Crippen LogP contribution in [-0.4, -0.2) is 0 Å². The standard InChI is InChI=1S/C14H22.C3H8/c1-13(2,3)11-8-7-9-12(10-11)14(4,5)6;1-3-2/h7-10H,1-6H3;3H2,1-2H3. The summed E-state index contributed by atoms with van der Waals surface area (Å²) in [5.74, 6) is 0. The van der Waals surface area contributed by atoms with Crippen molar-refractivity contribution in [3.63, 3.8) is 0 Å². The Bertz CT molecular complexity index is 291. The minimum atomic E-state index is 0.251. The molecular weight excluding hydrogens is 204 g/mol. The van der Waals surface area contributed by atoms with Crippen molar-refractivity contribution in [2.45, 2.75) is 72.6 Å². The molecule has 0 heteroatoms. The van der Waals surface area contributed by atoms with E-state index in [4.69, 9.17) is 0 Å². The smallest absolute Gasteiger partial charge is 0.0132 e. The molecule has 0 amide bonds. The van der Waals surface area contributed by atoms with E-state index < -0.39 is 0 Å². The molecule has 0 atom stereocenters. The fourth-order valence-corrected chi connectivity index (χ4v) is 1.45. The Labute approximate surface area is 108 Å². The molecule has 98 valence electrons. The van der Waals surface area contributed by atoms with E-state index in [1.54, 1.807) is 0 Å². The normalized spacial score (nSPS) is 11.8. The Morgan fingerprint density at radius 2 is 1.06 bits per heavy atom. The predicted octanol–water partition coefficient (Wildman–Crippen LogP) is 5.70. The van der Waals surface area contributed by atoms with E-state index in [1.807, 2.05) is 0 Å². The highest BCUT2D eigenvalue weighted by Gasteiger charge is 2.18. The molecule has 0 aliphatic heterocycles. The molecule has 1 aromatic rings. The fourth-order valence-electron chi connectivity index (χ4n) is 1.45. The van der Waals surface area contributed by atoms with Gasteiger partial charge >= 0.3 is 0 Å². The Balaban J connectivity index is 0.000000770. The van der Waals surface area contributed by atoms with E-state index in [0.29, 0.717) is 0 Å². The summed E-state index contributed by atoms with van der Waals surface area (Å²) in [5.41, 5.74) is 3.34. The van der Waals surface area contributed by atoms with Gasteiger partial charge in [0, 0.05) is 0 Å². The maximum absolute atomic E-state index is 2.33. The fraction of sp³-hybridized carbons (Fsp3) is 0.647. The van der Waals surface area contributed by atoms with Gasteiger partial charge in [-0.1, -0.05) is 86.1 Å². The van der Waals surface area contributed by atoms with Gasteiger partial charge in [-0.15, -0.1) is 0 Å². The third-order valence-electron chi connectivity index (χ3n) is 2.59. The second-order valence-corrected chi connectivity index (χ2v) is 6.79. The molecule has 0 saturated carbocycles. The van der Waals surface area contributed by atoms with Gasteiger partial charge in [0.2, 0.25) is 0 Å². The molecule has 1 rings (SSSR count). The van der Waals surface area contributed by atoms with Crippen molar-refractivity contribution < 1.29 is 0 Å².